The molecule has 0 aliphatic carbocycles. The van der Waals surface area contributed by atoms with Gasteiger partial charge in [-0.25, -0.2) is 9.78 Å². The van der Waals surface area contributed by atoms with Crippen molar-refractivity contribution < 1.29 is 42.0 Å². The molecule has 11 nitrogen and oxygen atoms in total. The summed E-state index contributed by atoms with van der Waals surface area (Å²) in [5, 5.41) is 9.75. The zero-order valence-electron chi connectivity index (χ0n) is 27.2. The van der Waals surface area contributed by atoms with Gasteiger partial charge in [0.15, 0.2) is 0 Å². The van der Waals surface area contributed by atoms with Gasteiger partial charge in [0.1, 0.15) is 35.3 Å². The van der Waals surface area contributed by atoms with E-state index in [1.165, 1.54) is 26.4 Å². The van der Waals surface area contributed by atoms with E-state index in [1.54, 1.807) is 12.1 Å². The van der Waals surface area contributed by atoms with E-state index < -0.39 is 17.7 Å². The first kappa shape index (κ1) is 33.3. The Bertz CT molecular complexity index is 1790. The van der Waals surface area contributed by atoms with E-state index in [-0.39, 0.29) is 36.1 Å². The van der Waals surface area contributed by atoms with Crippen molar-refractivity contribution in [2.75, 3.05) is 45.4 Å². The average Bonchev–Trinajstić information content (AvgIpc) is 3.42. The normalized spacial score (nSPS) is 19.2. The Hall–Kier alpha value is -4.56. The lowest BCUT2D eigenvalue weighted by Gasteiger charge is -2.43. The highest BCUT2D eigenvalue weighted by molar-refractivity contribution is 5.95. The number of benzene rings is 2. The van der Waals surface area contributed by atoms with Gasteiger partial charge < -0.3 is 33.5 Å². The third-order valence-corrected chi connectivity index (χ3v) is 9.07. The monoisotopic (exact) mass is 669 g/mol. The Morgan fingerprint density at radius 1 is 1.08 bits per heavy atom. The first-order valence-electron chi connectivity index (χ1n) is 15.7. The van der Waals surface area contributed by atoms with E-state index in [0.29, 0.717) is 61.0 Å². The van der Waals surface area contributed by atoms with Crippen LogP contribution in [0.4, 0.5) is 19.0 Å². The topological polar surface area (TPSA) is 111 Å². The molecule has 2 saturated heterocycles. The standard InChI is InChI=1S/C34H38F3N5O6/c1-20-17-40(29-6-5-7-30(38-29)48-19-22-8-9-24(34(35,36)37)16-27(22)45-3)11-12-41(20)21(2)32-39-31-26(42(32)18-25-10-13-47-25)14-23(33(43)44)15-28(31)46-4/h5-9,14-16,20-21,25H,10-13,17-19H2,1-4H3,(H,43,44)/t20-,21-,25-/m0/s1. The number of hydrogen-bond donors (Lipinski definition) is 1. The third kappa shape index (κ3) is 6.72. The van der Waals surface area contributed by atoms with Crippen molar-refractivity contribution in [3.05, 3.63) is 71.0 Å². The van der Waals surface area contributed by atoms with E-state index in [1.807, 2.05) is 12.1 Å². The number of alkyl halides is 3. The van der Waals surface area contributed by atoms with Gasteiger partial charge in [0.2, 0.25) is 5.88 Å². The van der Waals surface area contributed by atoms with Crippen molar-refractivity contribution in [2.24, 2.45) is 0 Å². The minimum Gasteiger partial charge on any atom is -0.496 e. The number of ether oxygens (including phenoxy) is 4. The number of nitrogens with zero attached hydrogens (tertiary/aromatic N) is 5. The zero-order valence-corrected chi connectivity index (χ0v) is 27.2. The molecule has 1 N–H and O–H groups in total. The SMILES string of the molecule is COc1cc(C(F)(F)F)ccc1COc1cccc(N2CCN([C@@H](C)c3nc4c(OC)cc(C(=O)O)cc4n3C[C@@H]3CCO3)[C@@H](C)C2)n1. The number of methoxy groups -OCH3 is 2. The summed E-state index contributed by atoms with van der Waals surface area (Å²) >= 11 is 0. The highest BCUT2D eigenvalue weighted by Gasteiger charge is 2.34. The Kier molecular flexibility index (Phi) is 9.39. The number of carbonyl (C=O) groups is 1. The van der Waals surface area contributed by atoms with Gasteiger partial charge in [0.25, 0.3) is 0 Å². The molecule has 0 radical (unpaired) electrons. The van der Waals surface area contributed by atoms with Crippen molar-refractivity contribution in [1.82, 2.24) is 19.4 Å². The highest BCUT2D eigenvalue weighted by Crippen LogP contribution is 2.36. The van der Waals surface area contributed by atoms with Gasteiger partial charge in [0, 0.05) is 43.9 Å². The smallest absolute Gasteiger partial charge is 0.416 e. The number of fused-ring (bicyclic) bond motifs is 1. The van der Waals surface area contributed by atoms with Crippen LogP contribution in [0.5, 0.6) is 17.4 Å². The molecule has 0 bridgehead atoms. The van der Waals surface area contributed by atoms with Crippen molar-refractivity contribution in [2.45, 2.75) is 57.8 Å². The molecule has 2 fully saturated rings. The van der Waals surface area contributed by atoms with Crippen LogP contribution in [0.25, 0.3) is 11.0 Å². The summed E-state index contributed by atoms with van der Waals surface area (Å²) in [6.45, 7) is 7.56. The first-order valence-corrected chi connectivity index (χ1v) is 15.7. The van der Waals surface area contributed by atoms with E-state index in [2.05, 4.69) is 28.2 Å². The maximum Gasteiger partial charge on any atom is 0.416 e. The number of imidazole rings is 1. The lowest BCUT2D eigenvalue weighted by molar-refractivity contribution is -0.137. The fraction of sp³-hybridized carbons (Fsp3) is 0.441. The Morgan fingerprint density at radius 3 is 2.50 bits per heavy atom. The van der Waals surface area contributed by atoms with E-state index >= 15 is 0 Å². The second-order valence-corrected chi connectivity index (χ2v) is 12.1. The van der Waals surface area contributed by atoms with Crippen molar-refractivity contribution in [3.63, 3.8) is 0 Å². The largest absolute Gasteiger partial charge is 0.496 e. The predicted molar refractivity (Wildman–Crippen MR) is 171 cm³/mol. The van der Waals surface area contributed by atoms with Crippen LogP contribution in [-0.4, -0.2) is 83.1 Å². The van der Waals surface area contributed by atoms with E-state index in [4.69, 9.17) is 28.9 Å². The summed E-state index contributed by atoms with van der Waals surface area (Å²) in [4.78, 5) is 26.2. The number of hydrogen-bond acceptors (Lipinski definition) is 9. The molecule has 4 aromatic rings. The number of piperazine rings is 1. The van der Waals surface area contributed by atoms with E-state index in [9.17, 15) is 23.1 Å². The quantitative estimate of drug-likeness (QED) is 0.210. The van der Waals surface area contributed by atoms with Gasteiger partial charge in [-0.15, -0.1) is 0 Å². The van der Waals surface area contributed by atoms with Gasteiger partial charge in [-0.3, -0.25) is 4.90 Å². The van der Waals surface area contributed by atoms with Crippen LogP contribution in [-0.2, 0) is 24.1 Å². The number of rotatable bonds is 11. The highest BCUT2D eigenvalue weighted by atomic mass is 19.4. The van der Waals surface area contributed by atoms with Gasteiger partial charge in [-0.2, -0.15) is 18.2 Å². The maximum absolute atomic E-state index is 13.1. The second-order valence-electron chi connectivity index (χ2n) is 12.1. The first-order chi connectivity index (χ1) is 23.0. The Morgan fingerprint density at radius 2 is 1.85 bits per heavy atom. The number of aromatic nitrogens is 3. The molecule has 0 unspecified atom stereocenters. The molecule has 2 aliphatic heterocycles. The molecule has 6 rings (SSSR count). The van der Waals surface area contributed by atoms with Gasteiger partial charge in [-0.1, -0.05) is 12.1 Å². The molecule has 4 heterocycles. The van der Waals surface area contributed by atoms with Crippen LogP contribution < -0.4 is 19.1 Å². The van der Waals surface area contributed by atoms with Crippen molar-refractivity contribution >= 4 is 22.8 Å². The molecule has 3 atom stereocenters. The molecular weight excluding hydrogens is 631 g/mol. The van der Waals surface area contributed by atoms with Crippen molar-refractivity contribution in [1.29, 1.82) is 0 Å². The molecular formula is C34H38F3N5O6. The fourth-order valence-corrected chi connectivity index (χ4v) is 6.39. The summed E-state index contributed by atoms with van der Waals surface area (Å²) in [6.07, 6.45) is -3.52. The van der Waals surface area contributed by atoms with Crippen LogP contribution >= 0.6 is 0 Å². The van der Waals surface area contributed by atoms with Gasteiger partial charge >= 0.3 is 12.1 Å². The van der Waals surface area contributed by atoms with Crippen LogP contribution in [0, 0.1) is 0 Å². The summed E-state index contributed by atoms with van der Waals surface area (Å²) in [5.74, 6) is 1.35. The lowest BCUT2D eigenvalue weighted by atomic mass is 10.1. The van der Waals surface area contributed by atoms with Crippen LogP contribution in [0.3, 0.4) is 0 Å². The number of carboxylic acid groups (broad SMARTS) is 1. The second kappa shape index (κ2) is 13.5. The minimum absolute atomic E-state index is 0.00883. The molecule has 48 heavy (non-hydrogen) atoms. The number of aromatic carboxylic acids is 1. The Labute approximate surface area is 275 Å². The maximum atomic E-state index is 13.1. The number of halogens is 3. The van der Waals surface area contributed by atoms with Crippen LogP contribution in [0.1, 0.15) is 53.6 Å². The van der Waals surface area contributed by atoms with E-state index in [0.717, 1.165) is 30.2 Å². The molecule has 0 spiro atoms. The number of pyridine rings is 1. The molecule has 0 saturated carbocycles. The molecule has 2 aromatic heterocycles. The van der Waals surface area contributed by atoms with Crippen molar-refractivity contribution in [3.8, 4) is 17.4 Å². The molecule has 2 aromatic carbocycles. The molecule has 2 aliphatic rings. The van der Waals surface area contributed by atoms with Gasteiger partial charge in [0.05, 0.1) is 49.6 Å². The zero-order chi connectivity index (χ0) is 34.2. The van der Waals surface area contributed by atoms with Crippen LogP contribution in [0.15, 0.2) is 48.5 Å². The summed E-state index contributed by atoms with van der Waals surface area (Å²) < 4.78 is 63.9. The number of carboxylic acids is 1. The third-order valence-electron chi connectivity index (χ3n) is 9.07. The van der Waals surface area contributed by atoms with Crippen LogP contribution in [0.2, 0.25) is 0 Å². The summed E-state index contributed by atoms with van der Waals surface area (Å²) in [6, 6.07) is 11.9. The number of anilines is 1. The molecule has 0 amide bonds. The van der Waals surface area contributed by atoms with Gasteiger partial charge in [-0.05, 0) is 50.6 Å². The minimum atomic E-state index is -4.47. The average molecular weight is 670 g/mol. The lowest BCUT2D eigenvalue weighted by Crippen LogP contribution is -2.53. The summed E-state index contributed by atoms with van der Waals surface area (Å²) in [5.41, 5.74) is 1.13. The summed E-state index contributed by atoms with van der Waals surface area (Å²) in [7, 11) is 2.84. The predicted octanol–water partition coefficient (Wildman–Crippen LogP) is 5.81. The Balaban J connectivity index is 1.18. The molecule has 14 heteroatoms. The molecule has 256 valence electrons. The fourth-order valence-electron chi connectivity index (χ4n) is 6.39.